The number of sulfone groups is 1. The minimum absolute atomic E-state index is 0.0751. The van der Waals surface area contributed by atoms with Crippen molar-refractivity contribution in [1.82, 2.24) is 0 Å². The van der Waals surface area contributed by atoms with E-state index in [-0.39, 0.29) is 21.6 Å². The molecule has 0 spiro atoms. The van der Waals surface area contributed by atoms with Gasteiger partial charge in [0, 0.05) is 6.26 Å². The standard InChI is InChI=1S/C13H16O6S/c1-7(2)19-13(16)11-8(3)9(12(14)15)5-6-10(11)20(4,17)18/h5-7H,1-4H3,(H,14,15). The minimum atomic E-state index is -3.67. The van der Waals surface area contributed by atoms with Crippen molar-refractivity contribution in [3.8, 4) is 0 Å². The van der Waals surface area contributed by atoms with Crippen LogP contribution in [0.25, 0.3) is 0 Å². The van der Waals surface area contributed by atoms with Gasteiger partial charge in [0.25, 0.3) is 0 Å². The molecule has 1 aromatic carbocycles. The summed E-state index contributed by atoms with van der Waals surface area (Å²) in [5.41, 5.74) is -0.278. The number of esters is 1. The zero-order valence-corrected chi connectivity index (χ0v) is 12.4. The summed E-state index contributed by atoms with van der Waals surface area (Å²) in [5, 5.41) is 9.05. The summed E-state index contributed by atoms with van der Waals surface area (Å²) in [4.78, 5) is 22.9. The summed E-state index contributed by atoms with van der Waals surface area (Å²) < 4.78 is 28.4. The topological polar surface area (TPSA) is 97.7 Å². The van der Waals surface area contributed by atoms with Crippen LogP contribution in [-0.2, 0) is 14.6 Å². The highest BCUT2D eigenvalue weighted by atomic mass is 32.2. The fraction of sp³-hybridized carbons (Fsp3) is 0.385. The molecule has 0 unspecified atom stereocenters. The number of carboxylic acids is 1. The predicted molar refractivity (Wildman–Crippen MR) is 71.8 cm³/mol. The molecule has 0 fully saturated rings. The van der Waals surface area contributed by atoms with Crippen LogP contribution >= 0.6 is 0 Å². The molecule has 1 rings (SSSR count). The van der Waals surface area contributed by atoms with E-state index in [1.165, 1.54) is 13.0 Å². The maximum atomic E-state index is 12.0. The van der Waals surface area contributed by atoms with Crippen molar-refractivity contribution in [1.29, 1.82) is 0 Å². The highest BCUT2D eigenvalue weighted by molar-refractivity contribution is 7.90. The SMILES string of the molecule is Cc1c(C(=O)O)ccc(S(C)(=O)=O)c1C(=O)OC(C)C. The van der Waals surface area contributed by atoms with E-state index in [4.69, 9.17) is 9.84 Å². The molecule has 0 saturated heterocycles. The lowest BCUT2D eigenvalue weighted by Gasteiger charge is -2.14. The van der Waals surface area contributed by atoms with Gasteiger partial charge in [0.2, 0.25) is 0 Å². The van der Waals surface area contributed by atoms with Gasteiger partial charge in [-0.05, 0) is 38.5 Å². The van der Waals surface area contributed by atoms with Crippen molar-refractivity contribution >= 4 is 21.8 Å². The first-order chi connectivity index (χ1) is 9.05. The van der Waals surface area contributed by atoms with E-state index in [1.807, 2.05) is 0 Å². The summed E-state index contributed by atoms with van der Waals surface area (Å²) in [6.45, 7) is 4.62. The molecule has 0 radical (unpaired) electrons. The minimum Gasteiger partial charge on any atom is -0.478 e. The van der Waals surface area contributed by atoms with Gasteiger partial charge in [0.15, 0.2) is 9.84 Å². The summed E-state index contributed by atoms with van der Waals surface area (Å²) in [6, 6.07) is 2.28. The fourth-order valence-corrected chi connectivity index (χ4v) is 2.68. The third kappa shape index (κ3) is 3.36. The lowest BCUT2D eigenvalue weighted by Crippen LogP contribution is -2.18. The Morgan fingerprint density at radius 1 is 1.25 bits per heavy atom. The Kier molecular flexibility index (Phi) is 4.54. The molecule has 6 nitrogen and oxygen atoms in total. The maximum absolute atomic E-state index is 12.0. The van der Waals surface area contributed by atoms with Crippen LogP contribution in [0.15, 0.2) is 17.0 Å². The number of carbonyl (C=O) groups is 2. The summed E-state index contributed by atoms with van der Waals surface area (Å²) >= 11 is 0. The van der Waals surface area contributed by atoms with Gasteiger partial charge in [0.05, 0.1) is 22.1 Å². The monoisotopic (exact) mass is 300 g/mol. The van der Waals surface area contributed by atoms with Crippen molar-refractivity contribution in [2.75, 3.05) is 6.26 Å². The first-order valence-corrected chi connectivity index (χ1v) is 7.72. The average Bonchev–Trinajstić information content (AvgIpc) is 2.25. The number of rotatable bonds is 4. The van der Waals surface area contributed by atoms with Crippen LogP contribution in [0.2, 0.25) is 0 Å². The Bertz CT molecular complexity index is 658. The molecule has 0 aromatic heterocycles. The van der Waals surface area contributed by atoms with E-state index >= 15 is 0 Å². The largest absolute Gasteiger partial charge is 0.478 e. The van der Waals surface area contributed by atoms with Gasteiger partial charge in [-0.1, -0.05) is 0 Å². The first kappa shape index (κ1) is 16.2. The highest BCUT2D eigenvalue weighted by Gasteiger charge is 2.26. The van der Waals surface area contributed by atoms with Gasteiger partial charge >= 0.3 is 11.9 Å². The van der Waals surface area contributed by atoms with Gasteiger partial charge in [-0.25, -0.2) is 18.0 Å². The maximum Gasteiger partial charge on any atom is 0.340 e. The molecular weight excluding hydrogens is 284 g/mol. The van der Waals surface area contributed by atoms with Crippen LogP contribution in [-0.4, -0.2) is 37.8 Å². The van der Waals surface area contributed by atoms with Crippen LogP contribution in [0.5, 0.6) is 0 Å². The van der Waals surface area contributed by atoms with Crippen molar-refractivity contribution in [3.05, 3.63) is 28.8 Å². The van der Waals surface area contributed by atoms with Crippen molar-refractivity contribution in [2.45, 2.75) is 31.8 Å². The van der Waals surface area contributed by atoms with E-state index in [2.05, 4.69) is 0 Å². The third-order valence-corrected chi connectivity index (χ3v) is 3.74. The fourth-order valence-electron chi connectivity index (χ4n) is 1.75. The summed E-state index contributed by atoms with van der Waals surface area (Å²) in [7, 11) is -3.67. The normalized spacial score (nSPS) is 11.4. The van der Waals surface area contributed by atoms with Crippen LogP contribution < -0.4 is 0 Å². The molecule has 0 amide bonds. The molecule has 1 aromatic rings. The van der Waals surface area contributed by atoms with Gasteiger partial charge in [-0.15, -0.1) is 0 Å². The molecule has 0 aliphatic heterocycles. The number of carbonyl (C=O) groups excluding carboxylic acids is 1. The lowest BCUT2D eigenvalue weighted by molar-refractivity contribution is 0.0372. The number of ether oxygens (including phenoxy) is 1. The molecule has 0 aliphatic carbocycles. The van der Waals surface area contributed by atoms with Gasteiger partial charge < -0.3 is 9.84 Å². The molecule has 0 atom stereocenters. The van der Waals surface area contributed by atoms with E-state index in [9.17, 15) is 18.0 Å². The molecular formula is C13H16O6S. The zero-order valence-electron chi connectivity index (χ0n) is 11.6. The Balaban J connectivity index is 3.62. The molecule has 1 N–H and O–H groups in total. The Morgan fingerprint density at radius 2 is 1.80 bits per heavy atom. The van der Waals surface area contributed by atoms with E-state index in [1.54, 1.807) is 13.8 Å². The summed E-state index contributed by atoms with van der Waals surface area (Å²) in [6.07, 6.45) is 0.511. The number of hydrogen-bond acceptors (Lipinski definition) is 5. The molecule has 0 aliphatic rings. The molecule has 0 bridgehead atoms. The van der Waals surface area contributed by atoms with Gasteiger partial charge in [-0.3, -0.25) is 0 Å². The van der Waals surface area contributed by atoms with Crippen LogP contribution in [0.4, 0.5) is 0 Å². The quantitative estimate of drug-likeness (QED) is 0.849. The van der Waals surface area contributed by atoms with Crippen molar-refractivity contribution < 1.29 is 27.9 Å². The number of carboxylic acid groups (broad SMARTS) is 1. The Hall–Kier alpha value is -1.89. The molecule has 110 valence electrons. The zero-order chi connectivity index (χ0) is 15.7. The van der Waals surface area contributed by atoms with Gasteiger partial charge in [-0.2, -0.15) is 0 Å². The number of benzene rings is 1. The number of aromatic carboxylic acids is 1. The molecule has 0 saturated carbocycles. The van der Waals surface area contributed by atoms with E-state index in [0.29, 0.717) is 0 Å². The van der Waals surface area contributed by atoms with Crippen molar-refractivity contribution in [3.63, 3.8) is 0 Å². The predicted octanol–water partition coefficient (Wildman–Crippen LogP) is 1.66. The molecule has 0 heterocycles. The summed E-state index contributed by atoms with van der Waals surface area (Å²) in [5.74, 6) is -2.08. The number of hydrogen-bond donors (Lipinski definition) is 1. The molecule has 20 heavy (non-hydrogen) atoms. The Labute approximate surface area is 117 Å². The average molecular weight is 300 g/mol. The molecule has 7 heteroatoms. The second-order valence-electron chi connectivity index (χ2n) is 4.64. The van der Waals surface area contributed by atoms with E-state index in [0.717, 1.165) is 12.3 Å². The Morgan fingerprint density at radius 3 is 2.20 bits per heavy atom. The lowest BCUT2D eigenvalue weighted by atomic mass is 10.0. The second kappa shape index (κ2) is 5.62. The van der Waals surface area contributed by atoms with E-state index < -0.39 is 27.9 Å². The smallest absolute Gasteiger partial charge is 0.340 e. The second-order valence-corrected chi connectivity index (χ2v) is 6.63. The van der Waals surface area contributed by atoms with Crippen LogP contribution in [0, 0.1) is 6.92 Å². The third-order valence-electron chi connectivity index (χ3n) is 2.60. The van der Waals surface area contributed by atoms with Gasteiger partial charge in [0.1, 0.15) is 0 Å². The van der Waals surface area contributed by atoms with Crippen LogP contribution in [0.3, 0.4) is 0 Å². The van der Waals surface area contributed by atoms with Crippen LogP contribution in [0.1, 0.15) is 40.1 Å². The highest BCUT2D eigenvalue weighted by Crippen LogP contribution is 2.24. The van der Waals surface area contributed by atoms with Crippen molar-refractivity contribution in [2.24, 2.45) is 0 Å². The first-order valence-electron chi connectivity index (χ1n) is 5.83.